The smallest absolute Gasteiger partial charge is 0.0213 e. The van der Waals surface area contributed by atoms with Crippen LogP contribution in [0.25, 0.3) is 0 Å². The molecule has 3 aliphatic carbocycles. The van der Waals surface area contributed by atoms with Gasteiger partial charge in [0.15, 0.2) is 0 Å². The van der Waals surface area contributed by atoms with E-state index >= 15 is 0 Å². The molecule has 3 fully saturated rings. The molecule has 0 heterocycles. The average molecular weight is 211 g/mol. The lowest BCUT2D eigenvalue weighted by molar-refractivity contribution is 0.193. The summed E-state index contributed by atoms with van der Waals surface area (Å²) in [7, 11) is 2.74. The van der Waals surface area contributed by atoms with Crippen molar-refractivity contribution < 1.29 is 0 Å². The lowest BCUT2D eigenvalue weighted by Crippen LogP contribution is -2.42. The summed E-state index contributed by atoms with van der Waals surface area (Å²) >= 11 is 0. The highest BCUT2D eigenvalue weighted by molar-refractivity contribution is 7.13. The zero-order valence-corrected chi connectivity index (χ0v) is 10.3. The van der Waals surface area contributed by atoms with Gasteiger partial charge in [0.05, 0.1) is 0 Å². The summed E-state index contributed by atoms with van der Waals surface area (Å²) in [6.45, 7) is 2.16. The minimum absolute atomic E-state index is 0.465. The van der Waals surface area contributed by atoms with Crippen LogP contribution in [0.5, 0.6) is 0 Å². The number of allylic oxidation sites excluding steroid dienone is 2. The Bertz CT molecular complexity index is 226. The average Bonchev–Trinajstić information content (AvgIpc) is 2.49. The quantitative estimate of drug-likeness (QED) is 0.545. The molecule has 1 atom stereocenters. The van der Waals surface area contributed by atoms with Gasteiger partial charge in [0.25, 0.3) is 0 Å². The second kappa shape index (κ2) is 3.94. The normalized spacial score (nSPS) is 43.0. The molecule has 1 unspecified atom stereocenters. The fourth-order valence-electron chi connectivity index (χ4n) is 3.33. The second-order valence-electron chi connectivity index (χ2n) is 5.14. The zero-order chi connectivity index (χ0) is 10.1. The van der Waals surface area contributed by atoms with Crippen molar-refractivity contribution >= 4 is 9.39 Å². The van der Waals surface area contributed by atoms with E-state index in [1.54, 1.807) is 0 Å². The van der Waals surface area contributed by atoms with Crippen LogP contribution in [-0.4, -0.2) is 5.54 Å². The molecule has 0 radical (unpaired) electrons. The first kappa shape index (κ1) is 10.6. The molecule has 3 rings (SSSR count). The van der Waals surface area contributed by atoms with E-state index in [2.05, 4.69) is 33.6 Å². The summed E-state index contributed by atoms with van der Waals surface area (Å²) in [4.78, 5) is 0. The lowest BCUT2D eigenvalue weighted by atomic mass is 9.69. The van der Waals surface area contributed by atoms with E-state index in [0.717, 1.165) is 0 Å². The number of nitrogens with one attached hydrogen (secondary N) is 1. The van der Waals surface area contributed by atoms with Crippen LogP contribution in [0.3, 0.4) is 0 Å². The summed E-state index contributed by atoms with van der Waals surface area (Å²) in [5, 5.41) is 3.50. The predicted molar refractivity (Wildman–Crippen MR) is 65.1 cm³/mol. The van der Waals surface area contributed by atoms with Gasteiger partial charge in [0.1, 0.15) is 0 Å². The van der Waals surface area contributed by atoms with Crippen molar-refractivity contribution in [1.82, 2.24) is 5.09 Å². The van der Waals surface area contributed by atoms with Crippen LogP contribution in [0.1, 0.15) is 51.9 Å². The number of rotatable bonds is 2. The van der Waals surface area contributed by atoms with Gasteiger partial charge in [-0.2, -0.15) is 0 Å². The lowest BCUT2D eigenvalue weighted by Gasteiger charge is -2.41. The van der Waals surface area contributed by atoms with Gasteiger partial charge in [0.2, 0.25) is 0 Å². The van der Waals surface area contributed by atoms with Gasteiger partial charge in [0, 0.05) is 5.54 Å². The number of hydrogen-bond acceptors (Lipinski definition) is 1. The first-order valence-electron chi connectivity index (χ1n) is 5.86. The van der Waals surface area contributed by atoms with Gasteiger partial charge >= 0.3 is 0 Å². The molecule has 0 aliphatic heterocycles. The Morgan fingerprint density at radius 2 is 1.79 bits per heavy atom. The molecular weight excluding hydrogens is 189 g/mol. The number of fused-ring (bicyclic) bond motifs is 4. The van der Waals surface area contributed by atoms with Crippen molar-refractivity contribution in [3.8, 4) is 0 Å². The van der Waals surface area contributed by atoms with Crippen molar-refractivity contribution in [2.75, 3.05) is 0 Å². The van der Waals surface area contributed by atoms with Crippen molar-refractivity contribution in [3.63, 3.8) is 0 Å². The van der Waals surface area contributed by atoms with E-state index in [9.17, 15) is 0 Å². The Kier molecular flexibility index (Phi) is 3.00. The van der Waals surface area contributed by atoms with Crippen molar-refractivity contribution in [2.45, 2.75) is 57.4 Å². The molecule has 2 bridgehead atoms. The maximum atomic E-state index is 3.50. The molecule has 0 aromatic rings. The fraction of sp³-hybridized carbons (Fsp3) is 0.833. The molecule has 3 aliphatic rings. The summed E-state index contributed by atoms with van der Waals surface area (Å²) in [6.07, 6.45) is 14.4. The Hall–Kier alpha value is 0.130. The number of hydrogen-bond donors (Lipinski definition) is 1. The standard InChI is InChI=1S/C12H22NP/c1-2-4-11-5-3-6-12(13-14,9-7-11)10-8-11/h2,4,13H,3,5-10,14H2,1H3. The SMILES string of the molecule is CC=CC12CCCC(NP)(CC1)CC2. The van der Waals surface area contributed by atoms with Crippen LogP contribution >= 0.6 is 9.39 Å². The van der Waals surface area contributed by atoms with Crippen LogP contribution in [0.4, 0.5) is 0 Å². The van der Waals surface area contributed by atoms with Crippen molar-refractivity contribution in [2.24, 2.45) is 5.41 Å². The van der Waals surface area contributed by atoms with Gasteiger partial charge in [-0.25, -0.2) is 0 Å². The molecule has 0 spiro atoms. The van der Waals surface area contributed by atoms with Crippen molar-refractivity contribution in [1.29, 1.82) is 0 Å². The highest BCUT2D eigenvalue weighted by Gasteiger charge is 2.43. The molecule has 0 saturated heterocycles. The summed E-state index contributed by atoms with van der Waals surface area (Å²) in [5.74, 6) is 0. The Morgan fingerprint density at radius 1 is 1.07 bits per heavy atom. The second-order valence-corrected chi connectivity index (χ2v) is 5.43. The molecule has 0 amide bonds. The van der Waals surface area contributed by atoms with E-state index in [4.69, 9.17) is 0 Å². The summed E-state index contributed by atoms with van der Waals surface area (Å²) in [6, 6.07) is 0. The maximum Gasteiger partial charge on any atom is 0.0213 e. The van der Waals surface area contributed by atoms with Crippen LogP contribution < -0.4 is 5.09 Å². The molecule has 14 heavy (non-hydrogen) atoms. The van der Waals surface area contributed by atoms with Gasteiger partial charge in [-0.1, -0.05) is 28.0 Å². The van der Waals surface area contributed by atoms with Gasteiger partial charge < -0.3 is 0 Å². The molecule has 2 heteroatoms. The van der Waals surface area contributed by atoms with E-state index in [1.165, 1.54) is 44.9 Å². The topological polar surface area (TPSA) is 12.0 Å². The Balaban J connectivity index is 2.16. The largest absolute Gasteiger partial charge is 0.295 e. The predicted octanol–water partition coefficient (Wildman–Crippen LogP) is 3.43. The van der Waals surface area contributed by atoms with E-state index in [-0.39, 0.29) is 0 Å². The first-order chi connectivity index (χ1) is 6.74. The molecule has 0 aromatic carbocycles. The van der Waals surface area contributed by atoms with Crippen LogP contribution in [-0.2, 0) is 0 Å². The minimum atomic E-state index is 0.465. The molecule has 3 saturated carbocycles. The Labute approximate surface area is 90.0 Å². The Morgan fingerprint density at radius 3 is 2.36 bits per heavy atom. The first-order valence-corrected chi connectivity index (χ1v) is 6.44. The van der Waals surface area contributed by atoms with Crippen LogP contribution in [0, 0.1) is 5.41 Å². The third-order valence-electron chi connectivity index (χ3n) is 4.36. The van der Waals surface area contributed by atoms with E-state index in [1.807, 2.05) is 0 Å². The van der Waals surface area contributed by atoms with Gasteiger partial charge in [-0.15, -0.1) is 0 Å². The maximum absolute atomic E-state index is 3.50. The summed E-state index contributed by atoms with van der Waals surface area (Å²) in [5.41, 5.74) is 1.03. The molecule has 1 N–H and O–H groups in total. The highest BCUT2D eigenvalue weighted by atomic mass is 31.0. The minimum Gasteiger partial charge on any atom is -0.295 e. The third-order valence-corrected chi connectivity index (χ3v) is 4.97. The van der Waals surface area contributed by atoms with Gasteiger partial charge in [-0.3, -0.25) is 5.09 Å². The molecule has 1 nitrogen and oxygen atoms in total. The third kappa shape index (κ3) is 1.77. The van der Waals surface area contributed by atoms with E-state index in [0.29, 0.717) is 11.0 Å². The van der Waals surface area contributed by atoms with Gasteiger partial charge in [-0.05, 0) is 50.9 Å². The van der Waals surface area contributed by atoms with Crippen molar-refractivity contribution in [3.05, 3.63) is 12.2 Å². The zero-order valence-electron chi connectivity index (χ0n) is 9.18. The summed E-state index contributed by atoms with van der Waals surface area (Å²) < 4.78 is 0. The monoisotopic (exact) mass is 211 g/mol. The van der Waals surface area contributed by atoms with Crippen LogP contribution in [0.2, 0.25) is 0 Å². The molecule has 80 valence electrons. The highest BCUT2D eigenvalue weighted by Crippen LogP contribution is 2.50. The van der Waals surface area contributed by atoms with E-state index < -0.39 is 0 Å². The molecule has 0 aromatic heterocycles. The van der Waals surface area contributed by atoms with Crippen LogP contribution in [0.15, 0.2) is 12.2 Å². The fourth-order valence-corrected chi connectivity index (χ4v) is 3.76. The molecular formula is C12H22NP.